The summed E-state index contributed by atoms with van der Waals surface area (Å²) in [6.07, 6.45) is 1.98. The van der Waals surface area contributed by atoms with Crippen LogP contribution in [-0.2, 0) is 11.2 Å². The van der Waals surface area contributed by atoms with E-state index in [2.05, 4.69) is 23.5 Å². The number of anilines is 1. The van der Waals surface area contributed by atoms with Crippen LogP contribution in [0.5, 0.6) is 0 Å². The summed E-state index contributed by atoms with van der Waals surface area (Å²) in [4.78, 5) is 12.0. The van der Waals surface area contributed by atoms with E-state index < -0.39 is 0 Å². The zero-order chi connectivity index (χ0) is 15.1. The number of nitrogens with one attached hydrogen (secondary N) is 1. The Morgan fingerprint density at radius 1 is 1.10 bits per heavy atom. The van der Waals surface area contributed by atoms with E-state index in [0.717, 1.165) is 23.2 Å². The van der Waals surface area contributed by atoms with E-state index in [0.29, 0.717) is 18.7 Å². The van der Waals surface area contributed by atoms with Crippen LogP contribution >= 0.6 is 11.6 Å². The second-order valence-electron chi connectivity index (χ2n) is 5.11. The Labute approximate surface area is 131 Å². The van der Waals surface area contributed by atoms with Gasteiger partial charge in [0.25, 0.3) is 0 Å². The summed E-state index contributed by atoms with van der Waals surface area (Å²) < 4.78 is 0. The maximum atomic E-state index is 12.0. The molecule has 0 aliphatic heterocycles. The highest BCUT2D eigenvalue weighted by Gasteiger charge is 2.09. The van der Waals surface area contributed by atoms with Gasteiger partial charge in [0.05, 0.1) is 0 Å². The minimum Gasteiger partial charge on any atom is -0.326 e. The lowest BCUT2D eigenvalue weighted by Crippen LogP contribution is -2.14. The second-order valence-corrected chi connectivity index (χ2v) is 5.49. The Hall–Kier alpha value is -1.80. The zero-order valence-electron chi connectivity index (χ0n) is 12.2. The molecular weight excluding hydrogens is 282 g/mol. The third kappa shape index (κ3) is 4.61. The van der Waals surface area contributed by atoms with Crippen molar-refractivity contribution in [1.82, 2.24) is 0 Å². The van der Waals surface area contributed by atoms with E-state index in [4.69, 9.17) is 11.6 Å². The van der Waals surface area contributed by atoms with Crippen LogP contribution in [0.4, 0.5) is 5.69 Å². The zero-order valence-corrected chi connectivity index (χ0v) is 13.0. The summed E-state index contributed by atoms with van der Waals surface area (Å²) in [5.74, 6) is 0.539. The Kier molecular flexibility index (Phi) is 5.82. The average molecular weight is 302 g/mol. The molecular formula is C18H20ClNO. The molecule has 0 saturated heterocycles. The number of carbonyl (C=O) groups is 1. The summed E-state index contributed by atoms with van der Waals surface area (Å²) in [5, 5.41) is 3.04. The van der Waals surface area contributed by atoms with Crippen LogP contribution in [0.25, 0.3) is 0 Å². The van der Waals surface area contributed by atoms with Crippen molar-refractivity contribution >= 4 is 23.2 Å². The predicted molar refractivity (Wildman–Crippen MR) is 89.0 cm³/mol. The number of benzene rings is 2. The third-order valence-corrected chi connectivity index (χ3v) is 3.67. The lowest BCUT2D eigenvalue weighted by Gasteiger charge is -2.14. The van der Waals surface area contributed by atoms with Crippen molar-refractivity contribution in [3.05, 3.63) is 65.2 Å². The van der Waals surface area contributed by atoms with Crippen molar-refractivity contribution in [3.63, 3.8) is 0 Å². The van der Waals surface area contributed by atoms with Crippen molar-refractivity contribution in [2.45, 2.75) is 26.2 Å². The largest absolute Gasteiger partial charge is 0.326 e. The molecule has 0 aliphatic carbocycles. The summed E-state index contributed by atoms with van der Waals surface area (Å²) in [5.41, 5.74) is 4.39. The SMILES string of the molecule is Cc1cccc(Cc2ccccc2)c1NC(=O)CCCCl. The van der Waals surface area contributed by atoms with Crippen LogP contribution < -0.4 is 5.32 Å². The molecule has 21 heavy (non-hydrogen) atoms. The molecule has 2 nitrogen and oxygen atoms in total. The van der Waals surface area contributed by atoms with Crippen LogP contribution in [0.15, 0.2) is 48.5 Å². The van der Waals surface area contributed by atoms with Crippen LogP contribution in [0.1, 0.15) is 29.5 Å². The quantitative estimate of drug-likeness (QED) is 0.780. The number of aryl methyl sites for hydroxylation is 1. The van der Waals surface area contributed by atoms with Gasteiger partial charge in [-0.3, -0.25) is 4.79 Å². The fourth-order valence-corrected chi connectivity index (χ4v) is 2.43. The molecule has 2 aromatic rings. The lowest BCUT2D eigenvalue weighted by molar-refractivity contribution is -0.116. The fourth-order valence-electron chi connectivity index (χ4n) is 2.30. The first-order chi connectivity index (χ1) is 10.2. The van der Waals surface area contributed by atoms with Crippen molar-refractivity contribution in [1.29, 1.82) is 0 Å². The molecule has 3 heteroatoms. The lowest BCUT2D eigenvalue weighted by atomic mass is 10.0. The summed E-state index contributed by atoms with van der Waals surface area (Å²) in [7, 11) is 0. The number of carbonyl (C=O) groups excluding carboxylic acids is 1. The minimum atomic E-state index is 0.0271. The standard InChI is InChI=1S/C18H20ClNO/c1-14-7-5-10-16(13-15-8-3-2-4-9-15)18(14)20-17(21)11-6-12-19/h2-5,7-10H,6,11-13H2,1H3,(H,20,21). The van der Waals surface area contributed by atoms with Gasteiger partial charge in [-0.05, 0) is 36.5 Å². The van der Waals surface area contributed by atoms with Gasteiger partial charge in [0.1, 0.15) is 0 Å². The van der Waals surface area contributed by atoms with E-state index in [9.17, 15) is 4.79 Å². The minimum absolute atomic E-state index is 0.0271. The highest BCUT2D eigenvalue weighted by atomic mass is 35.5. The summed E-state index contributed by atoms with van der Waals surface area (Å²) >= 11 is 5.64. The monoisotopic (exact) mass is 301 g/mol. The van der Waals surface area contributed by atoms with E-state index in [1.54, 1.807) is 0 Å². The molecule has 0 aliphatic rings. The van der Waals surface area contributed by atoms with Gasteiger partial charge < -0.3 is 5.32 Å². The molecule has 1 N–H and O–H groups in total. The summed E-state index contributed by atoms with van der Waals surface area (Å²) in [6, 6.07) is 16.4. The van der Waals surface area contributed by atoms with Crippen LogP contribution in [0.3, 0.4) is 0 Å². The Bertz CT molecular complexity index is 595. The molecule has 0 spiro atoms. The Balaban J connectivity index is 2.18. The molecule has 2 aromatic carbocycles. The number of amides is 1. The van der Waals surface area contributed by atoms with Crippen LogP contribution in [0.2, 0.25) is 0 Å². The van der Waals surface area contributed by atoms with Crippen molar-refractivity contribution in [2.75, 3.05) is 11.2 Å². The predicted octanol–water partition coefficient (Wildman–Crippen LogP) is 4.54. The van der Waals surface area contributed by atoms with Gasteiger partial charge in [-0.2, -0.15) is 0 Å². The molecule has 0 bridgehead atoms. The maximum absolute atomic E-state index is 12.0. The smallest absolute Gasteiger partial charge is 0.224 e. The molecule has 0 saturated carbocycles. The number of hydrogen-bond donors (Lipinski definition) is 1. The second kappa shape index (κ2) is 7.84. The topological polar surface area (TPSA) is 29.1 Å². The van der Waals surface area contributed by atoms with Gasteiger partial charge in [-0.1, -0.05) is 48.5 Å². The number of hydrogen-bond acceptors (Lipinski definition) is 1. The van der Waals surface area contributed by atoms with Gasteiger partial charge in [-0.15, -0.1) is 11.6 Å². The van der Waals surface area contributed by atoms with E-state index in [-0.39, 0.29) is 5.91 Å². The summed E-state index contributed by atoms with van der Waals surface area (Å²) in [6.45, 7) is 2.02. The van der Waals surface area contributed by atoms with Crippen molar-refractivity contribution in [3.8, 4) is 0 Å². The number of para-hydroxylation sites is 1. The van der Waals surface area contributed by atoms with Crippen LogP contribution in [0, 0.1) is 6.92 Å². The van der Waals surface area contributed by atoms with Crippen molar-refractivity contribution < 1.29 is 4.79 Å². The number of halogens is 1. The number of alkyl halides is 1. The third-order valence-electron chi connectivity index (χ3n) is 3.40. The number of rotatable bonds is 6. The first kappa shape index (κ1) is 15.6. The molecule has 0 radical (unpaired) electrons. The normalized spacial score (nSPS) is 10.4. The maximum Gasteiger partial charge on any atom is 0.224 e. The molecule has 0 unspecified atom stereocenters. The van der Waals surface area contributed by atoms with Gasteiger partial charge in [0.2, 0.25) is 5.91 Å². The Morgan fingerprint density at radius 2 is 1.86 bits per heavy atom. The van der Waals surface area contributed by atoms with Gasteiger partial charge >= 0.3 is 0 Å². The molecule has 0 atom stereocenters. The van der Waals surface area contributed by atoms with Gasteiger partial charge in [-0.25, -0.2) is 0 Å². The molecule has 2 rings (SSSR count). The van der Waals surface area contributed by atoms with Crippen LogP contribution in [-0.4, -0.2) is 11.8 Å². The van der Waals surface area contributed by atoms with Gasteiger partial charge in [0, 0.05) is 18.0 Å². The van der Waals surface area contributed by atoms with E-state index in [1.165, 1.54) is 5.56 Å². The average Bonchev–Trinajstić information content (AvgIpc) is 2.50. The molecule has 0 aromatic heterocycles. The van der Waals surface area contributed by atoms with E-state index >= 15 is 0 Å². The van der Waals surface area contributed by atoms with Gasteiger partial charge in [0.15, 0.2) is 0 Å². The fraction of sp³-hybridized carbons (Fsp3) is 0.278. The van der Waals surface area contributed by atoms with E-state index in [1.807, 2.05) is 37.3 Å². The first-order valence-corrected chi connectivity index (χ1v) is 7.72. The first-order valence-electron chi connectivity index (χ1n) is 7.19. The highest BCUT2D eigenvalue weighted by molar-refractivity contribution is 6.18. The molecule has 0 heterocycles. The molecule has 110 valence electrons. The highest BCUT2D eigenvalue weighted by Crippen LogP contribution is 2.23. The van der Waals surface area contributed by atoms with Crippen molar-refractivity contribution in [2.24, 2.45) is 0 Å². The molecule has 1 amide bonds. The molecule has 0 fully saturated rings. The Morgan fingerprint density at radius 3 is 2.57 bits per heavy atom.